The fourth-order valence-electron chi connectivity index (χ4n) is 2.64. The van der Waals surface area contributed by atoms with Crippen molar-refractivity contribution in [2.75, 3.05) is 20.2 Å². The zero-order chi connectivity index (χ0) is 21.6. The molecule has 0 aliphatic rings. The summed E-state index contributed by atoms with van der Waals surface area (Å²) in [6.07, 6.45) is 0. The summed E-state index contributed by atoms with van der Waals surface area (Å²) in [5, 5.41) is 2.38. The smallest absolute Gasteiger partial charge is 0.253 e. The third-order valence-corrected chi connectivity index (χ3v) is 6.86. The van der Waals surface area contributed by atoms with Crippen molar-refractivity contribution >= 4 is 38.9 Å². The van der Waals surface area contributed by atoms with Crippen LogP contribution >= 0.6 is 22.9 Å². The van der Waals surface area contributed by atoms with Crippen LogP contribution in [0.4, 0.5) is 0 Å². The molecule has 0 saturated heterocycles. The number of para-hydroxylation sites is 1. The van der Waals surface area contributed by atoms with Crippen molar-refractivity contribution in [3.05, 3.63) is 81.5 Å². The largest absolute Gasteiger partial charge is 0.490 e. The van der Waals surface area contributed by atoms with Crippen LogP contribution in [0.1, 0.15) is 15.2 Å². The standard InChI is InChI=1S/C21H21ClN2O4S2/c1-24(11-12-28-20-10-3-2-9-19(20)22)21(25)16-6-4-8-18(14-16)30(26,27)23-15-17-7-5-13-29-17/h2-10,13-14,23H,11-12,15H2,1H3. The summed E-state index contributed by atoms with van der Waals surface area (Å²) in [6.45, 7) is 0.779. The number of thiophene rings is 1. The first-order chi connectivity index (χ1) is 14.4. The van der Waals surface area contributed by atoms with E-state index >= 15 is 0 Å². The molecule has 0 bridgehead atoms. The van der Waals surface area contributed by atoms with Gasteiger partial charge >= 0.3 is 0 Å². The van der Waals surface area contributed by atoms with Crippen molar-refractivity contribution < 1.29 is 17.9 Å². The van der Waals surface area contributed by atoms with Crippen LogP contribution in [0, 0.1) is 0 Å². The molecule has 0 atom stereocenters. The number of hydrogen-bond acceptors (Lipinski definition) is 5. The lowest BCUT2D eigenvalue weighted by atomic mass is 10.2. The number of carbonyl (C=O) groups excluding carboxylic acids is 1. The fraction of sp³-hybridized carbons (Fsp3) is 0.190. The zero-order valence-corrected chi connectivity index (χ0v) is 18.6. The van der Waals surface area contributed by atoms with E-state index in [0.29, 0.717) is 17.3 Å². The Morgan fingerprint density at radius 2 is 1.93 bits per heavy atom. The van der Waals surface area contributed by atoms with Gasteiger partial charge in [0.15, 0.2) is 0 Å². The summed E-state index contributed by atoms with van der Waals surface area (Å²) < 4.78 is 33.3. The number of amides is 1. The van der Waals surface area contributed by atoms with Gasteiger partial charge in [-0.15, -0.1) is 11.3 Å². The molecule has 1 aromatic heterocycles. The van der Waals surface area contributed by atoms with Crippen molar-refractivity contribution in [2.24, 2.45) is 0 Å². The third kappa shape index (κ3) is 5.82. The summed E-state index contributed by atoms with van der Waals surface area (Å²) in [5.74, 6) is 0.248. The molecular formula is C21H21ClN2O4S2. The summed E-state index contributed by atoms with van der Waals surface area (Å²) in [4.78, 5) is 15.1. The molecule has 1 amide bonds. The highest BCUT2D eigenvalue weighted by Gasteiger charge is 2.18. The van der Waals surface area contributed by atoms with Gasteiger partial charge in [0.1, 0.15) is 12.4 Å². The van der Waals surface area contributed by atoms with Crippen LogP contribution in [0.25, 0.3) is 0 Å². The van der Waals surface area contributed by atoms with E-state index in [-0.39, 0.29) is 29.5 Å². The van der Waals surface area contributed by atoms with Gasteiger partial charge in [0, 0.05) is 24.0 Å². The Balaban J connectivity index is 1.61. The van der Waals surface area contributed by atoms with E-state index in [1.807, 2.05) is 23.6 Å². The molecule has 0 spiro atoms. The first-order valence-corrected chi connectivity index (χ1v) is 11.9. The Kier molecular flexibility index (Phi) is 7.49. The zero-order valence-electron chi connectivity index (χ0n) is 16.2. The average Bonchev–Trinajstić information content (AvgIpc) is 3.27. The highest BCUT2D eigenvalue weighted by Crippen LogP contribution is 2.23. The molecule has 30 heavy (non-hydrogen) atoms. The van der Waals surface area contributed by atoms with Gasteiger partial charge in [-0.05, 0) is 41.8 Å². The van der Waals surface area contributed by atoms with Crippen molar-refractivity contribution in [3.63, 3.8) is 0 Å². The van der Waals surface area contributed by atoms with E-state index in [2.05, 4.69) is 4.72 Å². The quantitative estimate of drug-likeness (QED) is 0.518. The average molecular weight is 465 g/mol. The molecule has 9 heteroatoms. The lowest BCUT2D eigenvalue weighted by Crippen LogP contribution is -2.31. The maximum atomic E-state index is 12.7. The van der Waals surface area contributed by atoms with Gasteiger partial charge in [0.05, 0.1) is 16.5 Å². The lowest BCUT2D eigenvalue weighted by Gasteiger charge is -2.18. The number of hydrogen-bond donors (Lipinski definition) is 1. The van der Waals surface area contributed by atoms with Gasteiger partial charge in [-0.25, -0.2) is 13.1 Å². The Hall–Kier alpha value is -2.39. The minimum Gasteiger partial charge on any atom is -0.490 e. The van der Waals surface area contributed by atoms with Gasteiger partial charge in [-0.2, -0.15) is 0 Å². The molecule has 3 rings (SSSR count). The van der Waals surface area contributed by atoms with Crippen molar-refractivity contribution in [1.82, 2.24) is 9.62 Å². The van der Waals surface area contributed by atoms with Gasteiger partial charge < -0.3 is 9.64 Å². The summed E-state index contributed by atoms with van der Waals surface area (Å²) >= 11 is 7.52. The fourth-order valence-corrected chi connectivity index (χ4v) is 4.61. The molecule has 0 saturated carbocycles. The number of rotatable bonds is 9. The third-order valence-electron chi connectivity index (χ3n) is 4.28. The van der Waals surface area contributed by atoms with Crippen LogP contribution in [0.2, 0.25) is 5.02 Å². The van der Waals surface area contributed by atoms with E-state index in [1.165, 1.54) is 28.4 Å². The molecule has 158 valence electrons. The van der Waals surface area contributed by atoms with Gasteiger partial charge in [0.25, 0.3) is 5.91 Å². The molecule has 0 aliphatic heterocycles. The minimum atomic E-state index is -3.73. The van der Waals surface area contributed by atoms with Crippen LogP contribution in [0.5, 0.6) is 5.75 Å². The van der Waals surface area contributed by atoms with Gasteiger partial charge in [0.2, 0.25) is 10.0 Å². The Morgan fingerprint density at radius 1 is 1.13 bits per heavy atom. The number of nitrogens with zero attached hydrogens (tertiary/aromatic N) is 1. The molecule has 2 aromatic carbocycles. The Bertz CT molecular complexity index is 1100. The minimum absolute atomic E-state index is 0.0469. The number of nitrogens with one attached hydrogen (secondary N) is 1. The SMILES string of the molecule is CN(CCOc1ccccc1Cl)C(=O)c1cccc(S(=O)(=O)NCc2cccs2)c1. The molecule has 3 aromatic rings. The second kappa shape index (κ2) is 10.1. The summed E-state index contributed by atoms with van der Waals surface area (Å²) in [6, 6.07) is 16.8. The van der Waals surface area contributed by atoms with Crippen LogP contribution in [0.3, 0.4) is 0 Å². The molecular weight excluding hydrogens is 444 g/mol. The lowest BCUT2D eigenvalue weighted by molar-refractivity contribution is 0.0773. The summed E-state index contributed by atoms with van der Waals surface area (Å²) in [7, 11) is -2.10. The number of ether oxygens (including phenoxy) is 1. The maximum absolute atomic E-state index is 12.7. The van der Waals surface area contributed by atoms with Crippen molar-refractivity contribution in [3.8, 4) is 5.75 Å². The van der Waals surface area contributed by atoms with E-state index in [4.69, 9.17) is 16.3 Å². The molecule has 1 N–H and O–H groups in total. The van der Waals surface area contributed by atoms with Crippen LogP contribution in [-0.4, -0.2) is 39.4 Å². The number of halogens is 1. The second-order valence-electron chi connectivity index (χ2n) is 6.44. The number of benzene rings is 2. The van der Waals surface area contributed by atoms with Crippen LogP contribution < -0.4 is 9.46 Å². The molecule has 0 radical (unpaired) electrons. The maximum Gasteiger partial charge on any atom is 0.253 e. The van der Waals surface area contributed by atoms with Crippen LogP contribution in [0.15, 0.2) is 70.9 Å². The van der Waals surface area contributed by atoms with E-state index in [0.717, 1.165) is 4.88 Å². The van der Waals surface area contributed by atoms with Gasteiger partial charge in [-0.1, -0.05) is 35.9 Å². The number of sulfonamides is 1. The molecule has 0 aliphatic carbocycles. The highest BCUT2D eigenvalue weighted by atomic mass is 35.5. The number of carbonyl (C=O) groups is 1. The molecule has 0 fully saturated rings. The van der Waals surface area contributed by atoms with Crippen LogP contribution in [-0.2, 0) is 16.6 Å². The Morgan fingerprint density at radius 3 is 2.67 bits per heavy atom. The molecule has 6 nitrogen and oxygen atoms in total. The second-order valence-corrected chi connectivity index (χ2v) is 9.64. The number of likely N-dealkylation sites (N-methyl/N-ethyl adjacent to an activating group) is 1. The van der Waals surface area contributed by atoms with Gasteiger partial charge in [-0.3, -0.25) is 4.79 Å². The molecule has 0 unspecified atom stereocenters. The highest BCUT2D eigenvalue weighted by molar-refractivity contribution is 7.89. The predicted molar refractivity (Wildman–Crippen MR) is 119 cm³/mol. The van der Waals surface area contributed by atoms with E-state index < -0.39 is 10.0 Å². The predicted octanol–water partition coefficient (Wildman–Crippen LogP) is 4.03. The molecule has 1 heterocycles. The van der Waals surface area contributed by atoms with Crippen molar-refractivity contribution in [1.29, 1.82) is 0 Å². The van der Waals surface area contributed by atoms with E-state index in [9.17, 15) is 13.2 Å². The Labute approximate surface area is 185 Å². The monoisotopic (exact) mass is 464 g/mol. The van der Waals surface area contributed by atoms with E-state index in [1.54, 1.807) is 37.4 Å². The van der Waals surface area contributed by atoms with Crippen molar-refractivity contribution in [2.45, 2.75) is 11.4 Å². The summed E-state index contributed by atoms with van der Waals surface area (Å²) in [5.41, 5.74) is 0.286. The first kappa shape index (κ1) is 22.3. The first-order valence-electron chi connectivity index (χ1n) is 9.12. The topological polar surface area (TPSA) is 75.7 Å². The normalized spacial score (nSPS) is 11.3.